The Morgan fingerprint density at radius 2 is 1.79 bits per heavy atom. The predicted molar refractivity (Wildman–Crippen MR) is 65.4 cm³/mol. The fourth-order valence-corrected chi connectivity index (χ4v) is 1.59. The molecule has 0 fully saturated rings. The van der Waals surface area contributed by atoms with Crippen molar-refractivity contribution in [2.75, 3.05) is 6.61 Å². The second-order valence-electron chi connectivity index (χ2n) is 4.08. The highest BCUT2D eigenvalue weighted by atomic mass is 16.4. The zero-order valence-corrected chi connectivity index (χ0v) is 10.0. The molecule has 0 radical (unpaired) electrons. The van der Waals surface area contributed by atoms with Crippen LogP contribution in [0.25, 0.3) is 5.69 Å². The highest BCUT2D eigenvalue weighted by molar-refractivity contribution is 5.28. The van der Waals surface area contributed by atoms with E-state index in [1.54, 1.807) is 12.1 Å². The summed E-state index contributed by atoms with van der Waals surface area (Å²) in [7, 11) is 0. The number of aromatic nitrogens is 3. The van der Waals surface area contributed by atoms with E-state index < -0.39 is 24.9 Å². The fourth-order valence-electron chi connectivity index (χ4n) is 1.59. The summed E-state index contributed by atoms with van der Waals surface area (Å²) in [4.78, 5) is 1.30. The molecule has 1 aromatic heterocycles. The number of aliphatic hydroxyl groups is 4. The van der Waals surface area contributed by atoms with E-state index in [9.17, 15) is 15.3 Å². The summed E-state index contributed by atoms with van der Waals surface area (Å²) in [6.07, 6.45) is -3.08. The third-order valence-corrected chi connectivity index (χ3v) is 2.70. The molecule has 0 aliphatic carbocycles. The SMILES string of the molecule is OC[C@H](O)[C@H](O)[C@@H](O)c1cnn(-c2ccccc2)n1. The highest BCUT2D eigenvalue weighted by Gasteiger charge is 2.27. The van der Waals surface area contributed by atoms with Crippen LogP contribution >= 0.6 is 0 Å². The van der Waals surface area contributed by atoms with Crippen molar-refractivity contribution in [3.05, 3.63) is 42.2 Å². The molecule has 3 atom stereocenters. The van der Waals surface area contributed by atoms with Crippen molar-refractivity contribution in [2.24, 2.45) is 0 Å². The quantitative estimate of drug-likeness (QED) is 0.552. The third-order valence-electron chi connectivity index (χ3n) is 2.70. The molecule has 2 aromatic rings. The van der Waals surface area contributed by atoms with Gasteiger partial charge in [0.2, 0.25) is 0 Å². The van der Waals surface area contributed by atoms with E-state index >= 15 is 0 Å². The highest BCUT2D eigenvalue weighted by Crippen LogP contribution is 2.17. The molecule has 0 aliphatic heterocycles. The molecule has 7 heteroatoms. The van der Waals surface area contributed by atoms with Gasteiger partial charge in [-0.05, 0) is 12.1 Å². The molecule has 2 rings (SSSR count). The van der Waals surface area contributed by atoms with E-state index in [0.717, 1.165) is 0 Å². The normalized spacial score (nSPS) is 16.0. The van der Waals surface area contributed by atoms with Crippen molar-refractivity contribution < 1.29 is 20.4 Å². The maximum Gasteiger partial charge on any atom is 0.128 e. The van der Waals surface area contributed by atoms with E-state index in [2.05, 4.69) is 10.2 Å². The van der Waals surface area contributed by atoms with E-state index in [1.807, 2.05) is 18.2 Å². The number of para-hydroxylation sites is 1. The number of nitrogens with zero attached hydrogens (tertiary/aromatic N) is 3. The molecule has 4 N–H and O–H groups in total. The molecule has 0 spiro atoms. The molecular formula is C12H15N3O4. The van der Waals surface area contributed by atoms with Crippen LogP contribution in [0.5, 0.6) is 0 Å². The molecule has 1 heterocycles. The van der Waals surface area contributed by atoms with E-state index in [-0.39, 0.29) is 5.69 Å². The molecule has 102 valence electrons. The summed E-state index contributed by atoms with van der Waals surface area (Å²) in [5.74, 6) is 0. The van der Waals surface area contributed by atoms with Crippen LogP contribution in [-0.2, 0) is 0 Å². The topological polar surface area (TPSA) is 112 Å². The monoisotopic (exact) mass is 265 g/mol. The van der Waals surface area contributed by atoms with Crippen molar-refractivity contribution >= 4 is 0 Å². The number of hydrogen-bond acceptors (Lipinski definition) is 6. The summed E-state index contributed by atoms with van der Waals surface area (Å²) in [5, 5.41) is 45.4. The lowest BCUT2D eigenvalue weighted by atomic mass is 10.1. The van der Waals surface area contributed by atoms with Crippen LogP contribution < -0.4 is 0 Å². The molecule has 0 saturated heterocycles. The summed E-state index contributed by atoms with van der Waals surface area (Å²) < 4.78 is 0. The van der Waals surface area contributed by atoms with Crippen LogP contribution in [0.1, 0.15) is 11.8 Å². The summed E-state index contributed by atoms with van der Waals surface area (Å²) in [6, 6.07) is 9.06. The van der Waals surface area contributed by atoms with Gasteiger partial charge in [-0.15, -0.1) is 0 Å². The van der Waals surface area contributed by atoms with Crippen LogP contribution in [0.2, 0.25) is 0 Å². The lowest BCUT2D eigenvalue weighted by Gasteiger charge is -2.19. The Hall–Kier alpha value is -1.80. The standard InChI is InChI=1S/C12H15N3O4/c16-7-10(17)12(19)11(18)9-6-13-15(14-9)8-4-2-1-3-5-8/h1-6,10-12,16-19H,7H2/t10-,11-,12-/m0/s1. The fraction of sp³-hybridized carbons (Fsp3) is 0.333. The van der Waals surface area contributed by atoms with Gasteiger partial charge in [0.15, 0.2) is 0 Å². The first-order chi connectivity index (χ1) is 9.13. The maximum atomic E-state index is 9.81. The smallest absolute Gasteiger partial charge is 0.128 e. The largest absolute Gasteiger partial charge is 0.394 e. The molecule has 0 aliphatic rings. The van der Waals surface area contributed by atoms with Crippen LogP contribution in [0.4, 0.5) is 0 Å². The number of aliphatic hydroxyl groups excluding tert-OH is 4. The number of hydrogen-bond donors (Lipinski definition) is 4. The molecule has 0 saturated carbocycles. The Kier molecular flexibility index (Phi) is 4.23. The van der Waals surface area contributed by atoms with Gasteiger partial charge in [0.25, 0.3) is 0 Å². The van der Waals surface area contributed by atoms with Crippen LogP contribution in [0.15, 0.2) is 36.5 Å². The average molecular weight is 265 g/mol. The molecule has 0 bridgehead atoms. The Labute approximate surface area is 109 Å². The summed E-state index contributed by atoms with van der Waals surface area (Å²) in [5.41, 5.74) is 0.821. The van der Waals surface area contributed by atoms with Gasteiger partial charge in [0, 0.05) is 0 Å². The van der Waals surface area contributed by atoms with Gasteiger partial charge in [0.1, 0.15) is 24.0 Å². The zero-order valence-electron chi connectivity index (χ0n) is 10.0. The van der Waals surface area contributed by atoms with Crippen LogP contribution in [-0.4, -0.2) is 54.2 Å². The zero-order chi connectivity index (χ0) is 13.8. The third kappa shape index (κ3) is 2.96. The first-order valence-corrected chi connectivity index (χ1v) is 5.76. The molecular weight excluding hydrogens is 250 g/mol. The van der Waals surface area contributed by atoms with Gasteiger partial charge in [-0.2, -0.15) is 15.0 Å². The minimum atomic E-state index is -1.52. The lowest BCUT2D eigenvalue weighted by molar-refractivity contribution is -0.0790. The molecule has 0 amide bonds. The first kappa shape index (κ1) is 13.6. The predicted octanol–water partition coefficient (Wildman–Crippen LogP) is -0.985. The van der Waals surface area contributed by atoms with Crippen molar-refractivity contribution in [3.8, 4) is 5.69 Å². The van der Waals surface area contributed by atoms with E-state index in [0.29, 0.717) is 5.69 Å². The van der Waals surface area contributed by atoms with Crippen molar-refractivity contribution in [3.63, 3.8) is 0 Å². The van der Waals surface area contributed by atoms with Crippen LogP contribution in [0.3, 0.4) is 0 Å². The second-order valence-corrected chi connectivity index (χ2v) is 4.08. The lowest BCUT2D eigenvalue weighted by Crippen LogP contribution is -2.34. The molecule has 1 aromatic carbocycles. The van der Waals surface area contributed by atoms with Crippen molar-refractivity contribution in [1.29, 1.82) is 0 Å². The number of rotatable bonds is 5. The van der Waals surface area contributed by atoms with Crippen LogP contribution in [0, 0.1) is 0 Å². The van der Waals surface area contributed by atoms with Gasteiger partial charge in [-0.1, -0.05) is 18.2 Å². The minimum Gasteiger partial charge on any atom is -0.394 e. The Morgan fingerprint density at radius 3 is 2.42 bits per heavy atom. The van der Waals surface area contributed by atoms with Gasteiger partial charge in [-0.3, -0.25) is 0 Å². The Bertz CT molecular complexity index is 517. The second kappa shape index (κ2) is 5.89. The summed E-state index contributed by atoms with van der Waals surface area (Å²) >= 11 is 0. The molecule has 19 heavy (non-hydrogen) atoms. The van der Waals surface area contributed by atoms with Gasteiger partial charge in [0.05, 0.1) is 18.5 Å². The Morgan fingerprint density at radius 1 is 1.11 bits per heavy atom. The number of benzene rings is 1. The van der Waals surface area contributed by atoms with Crippen molar-refractivity contribution in [2.45, 2.75) is 18.3 Å². The molecule has 0 unspecified atom stereocenters. The Balaban J connectivity index is 2.17. The van der Waals surface area contributed by atoms with E-state index in [1.165, 1.54) is 11.0 Å². The van der Waals surface area contributed by atoms with Gasteiger partial charge < -0.3 is 20.4 Å². The molecule has 7 nitrogen and oxygen atoms in total. The average Bonchev–Trinajstić information content (AvgIpc) is 2.95. The first-order valence-electron chi connectivity index (χ1n) is 5.76. The van der Waals surface area contributed by atoms with Gasteiger partial charge >= 0.3 is 0 Å². The van der Waals surface area contributed by atoms with Crippen molar-refractivity contribution in [1.82, 2.24) is 15.0 Å². The van der Waals surface area contributed by atoms with E-state index in [4.69, 9.17) is 5.11 Å². The summed E-state index contributed by atoms with van der Waals surface area (Å²) in [6.45, 7) is -0.648. The maximum absolute atomic E-state index is 9.81. The van der Waals surface area contributed by atoms with Gasteiger partial charge in [-0.25, -0.2) is 0 Å². The minimum absolute atomic E-state index is 0.115.